The minimum absolute atomic E-state index is 0.0190. The zero-order valence-electron chi connectivity index (χ0n) is 12.0. The van der Waals surface area contributed by atoms with Crippen molar-refractivity contribution >= 4 is 23.7 Å². The fraction of sp³-hybridized carbons (Fsp3) is 0.846. The fourth-order valence-corrected chi connectivity index (χ4v) is 3.38. The van der Waals surface area contributed by atoms with Gasteiger partial charge in [-0.15, -0.1) is 11.8 Å². The van der Waals surface area contributed by atoms with E-state index in [9.17, 15) is 9.59 Å². The fourth-order valence-electron chi connectivity index (χ4n) is 2.44. The van der Waals surface area contributed by atoms with Gasteiger partial charge in [0, 0.05) is 37.3 Å². The molecule has 0 saturated carbocycles. The number of amides is 3. The van der Waals surface area contributed by atoms with E-state index in [1.807, 2.05) is 11.8 Å². The lowest BCUT2D eigenvalue weighted by Gasteiger charge is -2.32. The molecule has 6 nitrogen and oxygen atoms in total. The number of likely N-dealkylation sites (tertiary alicyclic amines) is 1. The van der Waals surface area contributed by atoms with Crippen LogP contribution in [0, 0.1) is 0 Å². The molecule has 1 unspecified atom stereocenters. The minimum atomic E-state index is -0.0501. The van der Waals surface area contributed by atoms with Crippen LogP contribution >= 0.6 is 11.8 Å². The number of hydrogen-bond acceptors (Lipinski definition) is 4. The lowest BCUT2D eigenvalue weighted by molar-refractivity contribution is -0.123. The summed E-state index contributed by atoms with van der Waals surface area (Å²) in [6, 6.07) is 0.168. The molecule has 0 aromatic carbocycles. The molecule has 0 aliphatic carbocycles. The second-order valence-corrected chi connectivity index (χ2v) is 6.30. The average molecular weight is 300 g/mol. The summed E-state index contributed by atoms with van der Waals surface area (Å²) in [7, 11) is 0. The number of thioether (sulfide) groups is 1. The van der Waals surface area contributed by atoms with Crippen molar-refractivity contribution in [3.8, 4) is 0 Å². The number of nitrogens with one attached hydrogen (secondary N) is 3. The number of hydrogen-bond donors (Lipinski definition) is 3. The number of nitrogens with zero attached hydrogens (tertiary/aromatic N) is 1. The van der Waals surface area contributed by atoms with Gasteiger partial charge >= 0.3 is 6.03 Å². The first kappa shape index (κ1) is 15.4. The predicted molar refractivity (Wildman–Crippen MR) is 80.7 cm³/mol. The van der Waals surface area contributed by atoms with E-state index in [-0.39, 0.29) is 24.0 Å². The number of rotatable bonds is 4. The summed E-state index contributed by atoms with van der Waals surface area (Å²) >= 11 is 1.75. The van der Waals surface area contributed by atoms with E-state index in [2.05, 4.69) is 16.0 Å². The molecule has 2 aliphatic heterocycles. The normalized spacial score (nSPS) is 23.6. The molecule has 0 bridgehead atoms. The summed E-state index contributed by atoms with van der Waals surface area (Å²) in [5.74, 6) is 1.81. The Balaban J connectivity index is 1.68. The molecule has 1 atom stereocenters. The predicted octanol–water partition coefficient (Wildman–Crippen LogP) is 0.349. The molecule has 114 valence electrons. The standard InChI is InChI=1S/C13H24N4O2S/c1-2-5-14-13(19)17-6-3-10(4-7-17)16-12(18)11-8-20-9-15-11/h10-11,15H,2-9H2,1H3,(H,14,19)(H,16,18). The van der Waals surface area contributed by atoms with Crippen LogP contribution in [0.1, 0.15) is 26.2 Å². The van der Waals surface area contributed by atoms with Gasteiger partial charge in [-0.2, -0.15) is 0 Å². The number of carbonyl (C=O) groups is 2. The third-order valence-corrected chi connectivity index (χ3v) is 4.63. The van der Waals surface area contributed by atoms with Gasteiger partial charge in [0.15, 0.2) is 0 Å². The van der Waals surface area contributed by atoms with Crippen LogP contribution in [0.4, 0.5) is 4.79 Å². The minimum Gasteiger partial charge on any atom is -0.352 e. The molecule has 2 aliphatic rings. The Bertz CT molecular complexity index is 339. The highest BCUT2D eigenvalue weighted by atomic mass is 32.2. The molecule has 2 rings (SSSR count). The third kappa shape index (κ3) is 4.28. The summed E-state index contributed by atoms with van der Waals surface area (Å²) in [4.78, 5) is 25.6. The summed E-state index contributed by atoms with van der Waals surface area (Å²) < 4.78 is 0. The third-order valence-electron chi connectivity index (χ3n) is 3.69. The van der Waals surface area contributed by atoms with Crippen molar-refractivity contribution in [2.75, 3.05) is 31.3 Å². The van der Waals surface area contributed by atoms with Crippen molar-refractivity contribution in [2.24, 2.45) is 0 Å². The zero-order valence-corrected chi connectivity index (χ0v) is 12.8. The highest BCUT2D eigenvalue weighted by molar-refractivity contribution is 7.99. The van der Waals surface area contributed by atoms with E-state index >= 15 is 0 Å². The Hall–Kier alpha value is -0.950. The number of piperidine rings is 1. The summed E-state index contributed by atoms with van der Waals surface area (Å²) in [6.45, 7) is 4.19. The molecule has 3 N–H and O–H groups in total. The summed E-state index contributed by atoms with van der Waals surface area (Å²) in [6.07, 6.45) is 2.63. The molecule has 2 fully saturated rings. The van der Waals surface area contributed by atoms with Crippen LogP contribution in [0.15, 0.2) is 0 Å². The van der Waals surface area contributed by atoms with Gasteiger partial charge in [-0.25, -0.2) is 4.79 Å². The lowest BCUT2D eigenvalue weighted by Crippen LogP contribution is -2.52. The van der Waals surface area contributed by atoms with Crippen LogP contribution in [-0.2, 0) is 4.79 Å². The van der Waals surface area contributed by atoms with Crippen LogP contribution in [-0.4, -0.2) is 60.2 Å². The molecular formula is C13H24N4O2S. The molecule has 0 aromatic heterocycles. The maximum Gasteiger partial charge on any atom is 0.317 e. The molecule has 3 amide bonds. The quantitative estimate of drug-likeness (QED) is 0.700. The first-order valence-electron chi connectivity index (χ1n) is 7.35. The van der Waals surface area contributed by atoms with E-state index < -0.39 is 0 Å². The first-order valence-corrected chi connectivity index (χ1v) is 8.50. The molecular weight excluding hydrogens is 276 g/mol. The van der Waals surface area contributed by atoms with Crippen molar-refractivity contribution in [2.45, 2.75) is 38.3 Å². The molecule has 0 spiro atoms. The summed E-state index contributed by atoms with van der Waals surface area (Å²) in [5, 5.41) is 9.15. The van der Waals surface area contributed by atoms with Gasteiger partial charge in [0.2, 0.25) is 5.91 Å². The molecule has 7 heteroatoms. The molecule has 0 radical (unpaired) electrons. The van der Waals surface area contributed by atoms with Gasteiger partial charge in [-0.05, 0) is 19.3 Å². The lowest BCUT2D eigenvalue weighted by atomic mass is 10.0. The topological polar surface area (TPSA) is 73.5 Å². The highest BCUT2D eigenvalue weighted by Gasteiger charge is 2.27. The highest BCUT2D eigenvalue weighted by Crippen LogP contribution is 2.13. The second kappa shape index (κ2) is 7.73. The Kier molecular flexibility index (Phi) is 5.97. The van der Waals surface area contributed by atoms with E-state index in [0.29, 0.717) is 13.1 Å². The van der Waals surface area contributed by atoms with Crippen molar-refractivity contribution in [1.29, 1.82) is 0 Å². The maximum atomic E-state index is 12.0. The number of carbonyl (C=O) groups excluding carboxylic acids is 2. The number of urea groups is 1. The van der Waals surface area contributed by atoms with Crippen LogP contribution in [0.2, 0.25) is 0 Å². The smallest absolute Gasteiger partial charge is 0.317 e. The van der Waals surface area contributed by atoms with Crippen molar-refractivity contribution < 1.29 is 9.59 Å². The Morgan fingerprint density at radius 1 is 1.35 bits per heavy atom. The Morgan fingerprint density at radius 3 is 2.70 bits per heavy atom. The van der Waals surface area contributed by atoms with Crippen LogP contribution in [0.25, 0.3) is 0 Å². The van der Waals surface area contributed by atoms with Crippen LogP contribution < -0.4 is 16.0 Å². The van der Waals surface area contributed by atoms with Crippen molar-refractivity contribution in [3.63, 3.8) is 0 Å². The van der Waals surface area contributed by atoms with Gasteiger partial charge in [0.1, 0.15) is 0 Å². The maximum absolute atomic E-state index is 12.0. The second-order valence-electron chi connectivity index (χ2n) is 5.27. The van der Waals surface area contributed by atoms with Crippen molar-refractivity contribution in [3.05, 3.63) is 0 Å². The Morgan fingerprint density at radius 2 is 2.10 bits per heavy atom. The zero-order chi connectivity index (χ0) is 14.4. The molecule has 20 heavy (non-hydrogen) atoms. The van der Waals surface area contributed by atoms with Crippen LogP contribution in [0.3, 0.4) is 0 Å². The van der Waals surface area contributed by atoms with E-state index in [4.69, 9.17) is 0 Å². The van der Waals surface area contributed by atoms with E-state index in [1.54, 1.807) is 11.8 Å². The van der Waals surface area contributed by atoms with E-state index in [0.717, 1.165) is 37.4 Å². The van der Waals surface area contributed by atoms with Gasteiger partial charge in [0.25, 0.3) is 0 Å². The van der Waals surface area contributed by atoms with Gasteiger partial charge in [-0.1, -0.05) is 6.92 Å². The van der Waals surface area contributed by atoms with Gasteiger partial charge in [0.05, 0.1) is 6.04 Å². The van der Waals surface area contributed by atoms with E-state index in [1.165, 1.54) is 0 Å². The van der Waals surface area contributed by atoms with Gasteiger partial charge in [-0.3, -0.25) is 10.1 Å². The van der Waals surface area contributed by atoms with Crippen LogP contribution in [0.5, 0.6) is 0 Å². The first-order chi connectivity index (χ1) is 9.70. The molecule has 0 aromatic rings. The SMILES string of the molecule is CCCNC(=O)N1CCC(NC(=O)C2CSCN2)CC1. The van der Waals surface area contributed by atoms with Crippen molar-refractivity contribution in [1.82, 2.24) is 20.9 Å². The largest absolute Gasteiger partial charge is 0.352 e. The van der Waals surface area contributed by atoms with Gasteiger partial charge < -0.3 is 15.5 Å². The molecule has 2 saturated heterocycles. The monoisotopic (exact) mass is 300 g/mol. The Labute approximate surface area is 124 Å². The summed E-state index contributed by atoms with van der Waals surface area (Å²) in [5.41, 5.74) is 0. The molecule has 2 heterocycles. The average Bonchev–Trinajstić information content (AvgIpc) is 3.00.